The minimum Gasteiger partial charge on any atom is -0.469 e. The van der Waals surface area contributed by atoms with Crippen LogP contribution in [0.2, 0.25) is 0 Å². The van der Waals surface area contributed by atoms with Crippen molar-refractivity contribution < 1.29 is 9.15 Å². The summed E-state index contributed by atoms with van der Waals surface area (Å²) in [6, 6.07) is 3.91. The number of aromatic nitrogens is 1. The molecule has 2 aromatic heterocycles. The molecule has 1 unspecified atom stereocenters. The largest absolute Gasteiger partial charge is 0.469 e. The van der Waals surface area contributed by atoms with Crippen molar-refractivity contribution >= 4 is 17.3 Å². The minimum absolute atomic E-state index is 0.530. The Kier molecular flexibility index (Phi) is 7.08. The Morgan fingerprint density at radius 3 is 2.81 bits per heavy atom. The molecule has 0 aromatic carbocycles. The van der Waals surface area contributed by atoms with Gasteiger partial charge in [-0.1, -0.05) is 0 Å². The first kappa shape index (κ1) is 18.9. The summed E-state index contributed by atoms with van der Waals surface area (Å²) in [5.41, 5.74) is 1.14. The highest BCUT2D eigenvalue weighted by atomic mass is 32.1. The van der Waals surface area contributed by atoms with Gasteiger partial charge in [0, 0.05) is 49.9 Å². The second-order valence-corrected chi connectivity index (χ2v) is 7.89. The van der Waals surface area contributed by atoms with E-state index < -0.39 is 0 Å². The van der Waals surface area contributed by atoms with Crippen molar-refractivity contribution in [1.29, 1.82) is 0 Å². The fraction of sp³-hybridized carbons (Fsp3) is 0.579. The molecule has 0 amide bonds. The molecule has 1 aliphatic heterocycles. The number of aliphatic imine (C=N–C) groups is 1. The predicted molar refractivity (Wildman–Crippen MR) is 105 cm³/mol. The standard InChI is InChI=1S/C19H28N4O2S/c1-14-15(2)26-18(23-14)6-9-21-19(22-12-16-7-11-24-13-16)20-8-5-17-4-3-10-25-17/h3-4,10,16H,5-9,11-13H2,1-2H3,(H2,20,21,22). The Morgan fingerprint density at radius 1 is 1.31 bits per heavy atom. The normalized spacial score (nSPS) is 17.6. The third-order valence-corrected chi connectivity index (χ3v) is 5.61. The van der Waals surface area contributed by atoms with E-state index in [2.05, 4.69) is 29.5 Å². The molecule has 0 aliphatic carbocycles. The quantitative estimate of drug-likeness (QED) is 0.547. The zero-order valence-electron chi connectivity index (χ0n) is 15.6. The van der Waals surface area contributed by atoms with E-state index in [0.717, 1.165) is 69.5 Å². The van der Waals surface area contributed by atoms with Gasteiger partial charge in [0.25, 0.3) is 0 Å². The molecule has 0 saturated carbocycles. The highest BCUT2D eigenvalue weighted by molar-refractivity contribution is 7.11. The SMILES string of the molecule is Cc1nc(CCNC(=NCC2CCOC2)NCCc2ccco2)sc1C. The smallest absolute Gasteiger partial charge is 0.191 e. The molecule has 0 radical (unpaired) electrons. The summed E-state index contributed by atoms with van der Waals surface area (Å²) in [7, 11) is 0. The van der Waals surface area contributed by atoms with Gasteiger partial charge >= 0.3 is 0 Å². The number of aryl methyl sites for hydroxylation is 2. The van der Waals surface area contributed by atoms with Gasteiger partial charge in [0.2, 0.25) is 0 Å². The van der Waals surface area contributed by atoms with E-state index in [1.165, 1.54) is 9.88 Å². The zero-order chi connectivity index (χ0) is 18.2. The lowest BCUT2D eigenvalue weighted by Gasteiger charge is -2.13. The average molecular weight is 377 g/mol. The molecule has 7 heteroatoms. The monoisotopic (exact) mass is 376 g/mol. The zero-order valence-corrected chi connectivity index (χ0v) is 16.4. The molecule has 1 atom stereocenters. The summed E-state index contributed by atoms with van der Waals surface area (Å²) < 4.78 is 10.8. The number of hydrogen-bond acceptors (Lipinski definition) is 5. The number of nitrogens with zero attached hydrogens (tertiary/aromatic N) is 2. The maximum Gasteiger partial charge on any atom is 0.191 e. The number of nitrogens with one attached hydrogen (secondary N) is 2. The molecular weight excluding hydrogens is 348 g/mol. The minimum atomic E-state index is 0.530. The van der Waals surface area contributed by atoms with Crippen LogP contribution < -0.4 is 10.6 Å². The van der Waals surface area contributed by atoms with Gasteiger partial charge in [0.1, 0.15) is 5.76 Å². The van der Waals surface area contributed by atoms with E-state index in [9.17, 15) is 0 Å². The van der Waals surface area contributed by atoms with Gasteiger partial charge in [-0.25, -0.2) is 4.98 Å². The summed E-state index contributed by atoms with van der Waals surface area (Å²) in [6.45, 7) is 8.27. The lowest BCUT2D eigenvalue weighted by molar-refractivity contribution is 0.187. The molecule has 0 spiro atoms. The van der Waals surface area contributed by atoms with E-state index in [1.807, 2.05) is 12.1 Å². The van der Waals surface area contributed by atoms with Gasteiger partial charge in [-0.05, 0) is 32.4 Å². The number of rotatable bonds is 8. The number of guanidine groups is 1. The van der Waals surface area contributed by atoms with Crippen LogP contribution >= 0.6 is 11.3 Å². The third kappa shape index (κ3) is 5.85. The number of furan rings is 1. The highest BCUT2D eigenvalue weighted by Gasteiger charge is 2.15. The van der Waals surface area contributed by atoms with Crippen LogP contribution in [0, 0.1) is 19.8 Å². The van der Waals surface area contributed by atoms with Crippen LogP contribution in [-0.2, 0) is 17.6 Å². The van der Waals surface area contributed by atoms with Crippen molar-refractivity contribution in [1.82, 2.24) is 15.6 Å². The first-order valence-corrected chi connectivity index (χ1v) is 10.1. The fourth-order valence-corrected chi connectivity index (χ4v) is 3.75. The van der Waals surface area contributed by atoms with Gasteiger partial charge in [-0.15, -0.1) is 11.3 Å². The first-order chi connectivity index (χ1) is 12.7. The maximum absolute atomic E-state index is 5.44. The Labute approximate surface area is 159 Å². The number of hydrogen-bond donors (Lipinski definition) is 2. The molecule has 1 fully saturated rings. The van der Waals surface area contributed by atoms with Gasteiger partial charge in [-0.3, -0.25) is 4.99 Å². The van der Waals surface area contributed by atoms with Crippen molar-refractivity contribution in [2.45, 2.75) is 33.1 Å². The molecule has 3 heterocycles. The topological polar surface area (TPSA) is 71.7 Å². The van der Waals surface area contributed by atoms with E-state index in [0.29, 0.717) is 5.92 Å². The van der Waals surface area contributed by atoms with Gasteiger partial charge in [-0.2, -0.15) is 0 Å². The van der Waals surface area contributed by atoms with E-state index >= 15 is 0 Å². The van der Waals surface area contributed by atoms with Crippen molar-refractivity contribution in [3.8, 4) is 0 Å². The van der Waals surface area contributed by atoms with Crippen LogP contribution in [0.3, 0.4) is 0 Å². The van der Waals surface area contributed by atoms with Crippen molar-refractivity contribution in [2.75, 3.05) is 32.8 Å². The summed E-state index contributed by atoms with van der Waals surface area (Å²) in [5.74, 6) is 2.37. The van der Waals surface area contributed by atoms with Crippen LogP contribution in [-0.4, -0.2) is 43.8 Å². The Hall–Kier alpha value is -1.86. The summed E-state index contributed by atoms with van der Waals surface area (Å²) in [4.78, 5) is 10.6. The third-order valence-electron chi connectivity index (χ3n) is 4.48. The second kappa shape index (κ2) is 9.73. The summed E-state index contributed by atoms with van der Waals surface area (Å²) in [5, 5.41) is 8.01. The van der Waals surface area contributed by atoms with Crippen LogP contribution in [0.4, 0.5) is 0 Å². The van der Waals surface area contributed by atoms with Crippen LogP contribution in [0.15, 0.2) is 27.8 Å². The lowest BCUT2D eigenvalue weighted by atomic mass is 10.1. The number of ether oxygens (including phenoxy) is 1. The Balaban J connectivity index is 1.48. The second-order valence-electron chi connectivity index (χ2n) is 6.60. The van der Waals surface area contributed by atoms with Gasteiger partial charge in [0.15, 0.2) is 5.96 Å². The molecule has 1 saturated heterocycles. The van der Waals surface area contributed by atoms with Crippen LogP contribution in [0.25, 0.3) is 0 Å². The first-order valence-electron chi connectivity index (χ1n) is 9.26. The van der Waals surface area contributed by atoms with Crippen LogP contribution in [0.1, 0.15) is 27.8 Å². The fourth-order valence-electron chi connectivity index (χ4n) is 2.81. The molecule has 2 N–H and O–H groups in total. The molecule has 6 nitrogen and oxygen atoms in total. The Bertz CT molecular complexity index is 671. The predicted octanol–water partition coefficient (Wildman–Crippen LogP) is 2.71. The summed E-state index contributed by atoms with van der Waals surface area (Å²) in [6.07, 6.45) is 4.55. The van der Waals surface area contributed by atoms with Crippen LogP contribution in [0.5, 0.6) is 0 Å². The van der Waals surface area contributed by atoms with E-state index in [1.54, 1.807) is 17.6 Å². The number of thiazole rings is 1. The van der Waals surface area contributed by atoms with E-state index in [-0.39, 0.29) is 0 Å². The Morgan fingerprint density at radius 2 is 2.15 bits per heavy atom. The summed E-state index contributed by atoms with van der Waals surface area (Å²) >= 11 is 1.78. The average Bonchev–Trinajstić information content (AvgIpc) is 3.36. The molecule has 26 heavy (non-hydrogen) atoms. The highest BCUT2D eigenvalue weighted by Crippen LogP contribution is 2.16. The molecule has 2 aromatic rings. The maximum atomic E-state index is 5.44. The van der Waals surface area contributed by atoms with Crippen molar-refractivity contribution in [2.24, 2.45) is 10.9 Å². The van der Waals surface area contributed by atoms with Gasteiger partial charge in [0.05, 0.1) is 23.6 Å². The molecular formula is C19H28N4O2S. The molecule has 3 rings (SSSR count). The molecule has 142 valence electrons. The van der Waals surface area contributed by atoms with Gasteiger partial charge < -0.3 is 19.8 Å². The van der Waals surface area contributed by atoms with Crippen molar-refractivity contribution in [3.63, 3.8) is 0 Å². The molecule has 1 aliphatic rings. The van der Waals surface area contributed by atoms with Crippen molar-refractivity contribution in [3.05, 3.63) is 39.7 Å². The van der Waals surface area contributed by atoms with E-state index in [4.69, 9.17) is 14.1 Å². The lowest BCUT2D eigenvalue weighted by Crippen LogP contribution is -2.39. The molecule has 0 bridgehead atoms.